The number of hydrogen-bond donors (Lipinski definition) is 1. The summed E-state index contributed by atoms with van der Waals surface area (Å²) in [6.45, 7) is 0.808. The van der Waals surface area contributed by atoms with Crippen LogP contribution in [-0.2, 0) is 0 Å². The molecule has 0 spiro atoms. The molecule has 0 saturated heterocycles. The minimum Gasteiger partial charge on any atom is -0.385 e. The minimum atomic E-state index is -0.251. The fourth-order valence-corrected chi connectivity index (χ4v) is 1.41. The van der Waals surface area contributed by atoms with E-state index in [-0.39, 0.29) is 5.82 Å². The third-order valence-corrected chi connectivity index (χ3v) is 2.35. The second kappa shape index (κ2) is 5.66. The number of nitrogens with one attached hydrogen (secondary N) is 1. The standard InChI is InChI=1S/C11H11BrFN/c1-2-3-4-7-14-9-5-6-11(13)10(12)8-9/h1,5-6,8,14H,3-4,7H2. The van der Waals surface area contributed by atoms with Crippen LogP contribution < -0.4 is 5.32 Å². The van der Waals surface area contributed by atoms with Crippen molar-refractivity contribution in [2.24, 2.45) is 0 Å². The average molecular weight is 256 g/mol. The summed E-state index contributed by atoms with van der Waals surface area (Å²) in [5.74, 6) is 2.31. The lowest BCUT2D eigenvalue weighted by Gasteiger charge is -2.05. The van der Waals surface area contributed by atoms with Crippen LogP contribution in [0.4, 0.5) is 10.1 Å². The normalized spacial score (nSPS) is 9.50. The number of halogens is 2. The van der Waals surface area contributed by atoms with Crippen molar-refractivity contribution in [1.29, 1.82) is 0 Å². The molecule has 0 fully saturated rings. The first kappa shape index (κ1) is 11.1. The van der Waals surface area contributed by atoms with E-state index in [1.54, 1.807) is 12.1 Å². The molecule has 1 nitrogen and oxygen atoms in total. The molecule has 74 valence electrons. The number of terminal acetylenes is 1. The summed E-state index contributed by atoms with van der Waals surface area (Å²) in [6, 6.07) is 4.84. The summed E-state index contributed by atoms with van der Waals surface area (Å²) in [5, 5.41) is 3.16. The Morgan fingerprint density at radius 2 is 2.29 bits per heavy atom. The van der Waals surface area contributed by atoms with Crippen LogP contribution in [0.1, 0.15) is 12.8 Å². The molecule has 0 aromatic heterocycles. The molecule has 0 heterocycles. The predicted octanol–water partition coefficient (Wildman–Crippen LogP) is 3.41. The summed E-state index contributed by atoms with van der Waals surface area (Å²) in [7, 11) is 0. The maximum absolute atomic E-state index is 12.8. The van der Waals surface area contributed by atoms with Gasteiger partial charge in [0.2, 0.25) is 0 Å². The Balaban J connectivity index is 2.44. The van der Waals surface area contributed by atoms with Crippen LogP contribution in [0.25, 0.3) is 0 Å². The Kier molecular flexibility index (Phi) is 4.48. The average Bonchev–Trinajstić information content (AvgIpc) is 2.18. The Morgan fingerprint density at radius 3 is 2.93 bits per heavy atom. The quantitative estimate of drug-likeness (QED) is 0.643. The maximum Gasteiger partial charge on any atom is 0.137 e. The lowest BCUT2D eigenvalue weighted by molar-refractivity contribution is 0.621. The van der Waals surface area contributed by atoms with Crippen LogP contribution in [0.3, 0.4) is 0 Å². The van der Waals surface area contributed by atoms with Crippen molar-refractivity contribution >= 4 is 21.6 Å². The first-order valence-corrected chi connectivity index (χ1v) is 5.15. The van der Waals surface area contributed by atoms with Crippen molar-refractivity contribution in [3.05, 3.63) is 28.5 Å². The maximum atomic E-state index is 12.8. The Morgan fingerprint density at radius 1 is 1.50 bits per heavy atom. The van der Waals surface area contributed by atoms with E-state index in [4.69, 9.17) is 6.42 Å². The minimum absolute atomic E-state index is 0.251. The SMILES string of the molecule is C#CCCCNc1ccc(F)c(Br)c1. The van der Waals surface area contributed by atoms with E-state index in [9.17, 15) is 4.39 Å². The second-order valence-corrected chi connectivity index (χ2v) is 3.72. The lowest BCUT2D eigenvalue weighted by Crippen LogP contribution is -2.00. The van der Waals surface area contributed by atoms with Gasteiger partial charge in [0.05, 0.1) is 4.47 Å². The van der Waals surface area contributed by atoms with E-state index in [2.05, 4.69) is 27.2 Å². The van der Waals surface area contributed by atoms with Crippen molar-refractivity contribution in [3.8, 4) is 12.3 Å². The van der Waals surface area contributed by atoms with Crippen LogP contribution in [0.15, 0.2) is 22.7 Å². The third kappa shape index (κ3) is 3.39. The topological polar surface area (TPSA) is 12.0 Å². The molecule has 0 aliphatic carbocycles. The molecule has 0 atom stereocenters. The third-order valence-electron chi connectivity index (χ3n) is 1.75. The molecule has 0 aliphatic heterocycles. The van der Waals surface area contributed by atoms with Gasteiger partial charge in [-0.25, -0.2) is 4.39 Å². The first-order chi connectivity index (χ1) is 6.74. The number of benzene rings is 1. The van der Waals surface area contributed by atoms with Crippen LogP contribution in [0, 0.1) is 18.2 Å². The summed E-state index contributed by atoms with van der Waals surface area (Å²) in [4.78, 5) is 0. The highest BCUT2D eigenvalue weighted by Crippen LogP contribution is 2.19. The smallest absolute Gasteiger partial charge is 0.137 e. The number of rotatable bonds is 4. The molecule has 3 heteroatoms. The summed E-state index contributed by atoms with van der Waals surface area (Å²) in [6.07, 6.45) is 6.80. The number of unbranched alkanes of at least 4 members (excludes halogenated alkanes) is 1. The highest BCUT2D eigenvalue weighted by atomic mass is 79.9. The fourth-order valence-electron chi connectivity index (χ4n) is 1.03. The molecule has 0 aliphatic rings. The van der Waals surface area contributed by atoms with Crippen molar-refractivity contribution in [1.82, 2.24) is 0 Å². The Bertz CT molecular complexity index is 344. The second-order valence-electron chi connectivity index (χ2n) is 2.86. The fraction of sp³-hybridized carbons (Fsp3) is 0.273. The van der Waals surface area contributed by atoms with Gasteiger partial charge in [0.15, 0.2) is 0 Å². The molecule has 14 heavy (non-hydrogen) atoms. The Labute approximate surface area is 91.8 Å². The molecule has 0 bridgehead atoms. The molecule has 1 aromatic carbocycles. The zero-order valence-corrected chi connectivity index (χ0v) is 9.27. The molecular formula is C11H11BrFN. The number of anilines is 1. The van der Waals surface area contributed by atoms with E-state index >= 15 is 0 Å². The zero-order chi connectivity index (χ0) is 10.4. The molecular weight excluding hydrogens is 245 g/mol. The predicted molar refractivity (Wildman–Crippen MR) is 60.7 cm³/mol. The van der Waals surface area contributed by atoms with Gasteiger partial charge in [-0.15, -0.1) is 12.3 Å². The molecule has 0 radical (unpaired) electrons. The van der Waals surface area contributed by atoms with Crippen molar-refractivity contribution in [3.63, 3.8) is 0 Å². The molecule has 0 amide bonds. The molecule has 1 rings (SSSR count). The monoisotopic (exact) mass is 255 g/mol. The van der Waals surface area contributed by atoms with Gasteiger partial charge in [-0.05, 0) is 40.5 Å². The van der Waals surface area contributed by atoms with Crippen molar-refractivity contribution in [2.45, 2.75) is 12.8 Å². The first-order valence-electron chi connectivity index (χ1n) is 4.36. The van der Waals surface area contributed by atoms with Crippen molar-refractivity contribution in [2.75, 3.05) is 11.9 Å². The van der Waals surface area contributed by atoms with E-state index in [0.717, 1.165) is 25.1 Å². The Hall–Kier alpha value is -1.01. The van der Waals surface area contributed by atoms with E-state index in [0.29, 0.717) is 4.47 Å². The molecule has 0 unspecified atom stereocenters. The van der Waals surface area contributed by atoms with Gasteiger partial charge in [-0.1, -0.05) is 0 Å². The summed E-state index contributed by atoms with van der Waals surface area (Å²) in [5.41, 5.74) is 0.898. The summed E-state index contributed by atoms with van der Waals surface area (Å²) < 4.78 is 13.3. The van der Waals surface area contributed by atoms with Crippen LogP contribution >= 0.6 is 15.9 Å². The molecule has 1 aromatic rings. The van der Waals surface area contributed by atoms with Gasteiger partial charge >= 0.3 is 0 Å². The van der Waals surface area contributed by atoms with E-state index < -0.39 is 0 Å². The van der Waals surface area contributed by atoms with Gasteiger partial charge in [0, 0.05) is 18.7 Å². The van der Waals surface area contributed by atoms with E-state index in [1.807, 2.05) is 0 Å². The van der Waals surface area contributed by atoms with Crippen LogP contribution in [0.2, 0.25) is 0 Å². The van der Waals surface area contributed by atoms with Gasteiger partial charge in [-0.3, -0.25) is 0 Å². The van der Waals surface area contributed by atoms with Gasteiger partial charge in [-0.2, -0.15) is 0 Å². The van der Waals surface area contributed by atoms with Crippen LogP contribution in [0.5, 0.6) is 0 Å². The highest BCUT2D eigenvalue weighted by Gasteiger charge is 1.98. The van der Waals surface area contributed by atoms with Gasteiger partial charge < -0.3 is 5.32 Å². The summed E-state index contributed by atoms with van der Waals surface area (Å²) >= 11 is 3.12. The molecule has 1 N–H and O–H groups in total. The van der Waals surface area contributed by atoms with Crippen molar-refractivity contribution < 1.29 is 4.39 Å². The largest absolute Gasteiger partial charge is 0.385 e. The highest BCUT2D eigenvalue weighted by molar-refractivity contribution is 9.10. The lowest BCUT2D eigenvalue weighted by atomic mass is 10.3. The van der Waals surface area contributed by atoms with Gasteiger partial charge in [0.25, 0.3) is 0 Å². The zero-order valence-electron chi connectivity index (χ0n) is 7.69. The van der Waals surface area contributed by atoms with Gasteiger partial charge in [0.1, 0.15) is 5.82 Å². The molecule has 0 saturated carbocycles. The van der Waals surface area contributed by atoms with Crippen LogP contribution in [-0.4, -0.2) is 6.54 Å². The van der Waals surface area contributed by atoms with E-state index in [1.165, 1.54) is 6.07 Å². The number of hydrogen-bond acceptors (Lipinski definition) is 1.